The number of hydrogen-bond donors (Lipinski definition) is 1. The molecule has 7 heteroatoms. The van der Waals surface area contributed by atoms with Gasteiger partial charge in [0.25, 0.3) is 0 Å². The standard InChI is InChI=1S/C24H32FNO4.ClH/c1-24(2,3)21-13-20(28-4)8-9-22(21)30-16-19(27)14-26-10-11-29-23(15-26)17-6-5-7-18(25)12-17;/h5-9,12-13,19,23,27H,10-11,14-16H2,1-4H3;1H. The normalized spacial score (nSPS) is 18.2. The van der Waals surface area contributed by atoms with Crippen LogP contribution in [0.15, 0.2) is 42.5 Å². The van der Waals surface area contributed by atoms with Crippen molar-refractivity contribution in [3.05, 3.63) is 59.4 Å². The first-order valence-electron chi connectivity index (χ1n) is 10.3. The van der Waals surface area contributed by atoms with Crippen molar-refractivity contribution in [2.24, 2.45) is 0 Å². The lowest BCUT2D eigenvalue weighted by atomic mass is 9.86. The number of β-amino-alcohol motifs (C(OH)–C–C–N with tert-alkyl or cyclic N) is 1. The Balaban J connectivity index is 0.00000341. The number of aliphatic hydroxyl groups is 1. The zero-order chi connectivity index (χ0) is 21.7. The Labute approximate surface area is 190 Å². The van der Waals surface area contributed by atoms with E-state index in [9.17, 15) is 9.50 Å². The van der Waals surface area contributed by atoms with Gasteiger partial charge in [0.2, 0.25) is 0 Å². The molecule has 0 spiro atoms. The van der Waals surface area contributed by atoms with Gasteiger partial charge in [-0.15, -0.1) is 12.4 Å². The molecule has 0 saturated carbocycles. The number of morpholine rings is 1. The number of rotatable bonds is 7. The van der Waals surface area contributed by atoms with Crippen LogP contribution in [0.2, 0.25) is 0 Å². The quantitative estimate of drug-likeness (QED) is 0.674. The van der Waals surface area contributed by atoms with Crippen LogP contribution in [0.1, 0.15) is 38.0 Å². The molecule has 2 atom stereocenters. The lowest BCUT2D eigenvalue weighted by molar-refractivity contribution is -0.0461. The fraction of sp³-hybridized carbons (Fsp3) is 0.500. The summed E-state index contributed by atoms with van der Waals surface area (Å²) in [6, 6.07) is 12.2. The van der Waals surface area contributed by atoms with Gasteiger partial charge in [0.15, 0.2) is 0 Å². The van der Waals surface area contributed by atoms with Crippen molar-refractivity contribution < 1.29 is 23.7 Å². The molecule has 0 amide bonds. The van der Waals surface area contributed by atoms with Crippen molar-refractivity contribution in [3.63, 3.8) is 0 Å². The summed E-state index contributed by atoms with van der Waals surface area (Å²) in [5, 5.41) is 10.6. The third-order valence-electron chi connectivity index (χ3n) is 5.27. The third-order valence-corrected chi connectivity index (χ3v) is 5.27. The third kappa shape index (κ3) is 7.07. The summed E-state index contributed by atoms with van der Waals surface area (Å²) in [6.07, 6.45) is -0.845. The minimum atomic E-state index is -0.647. The van der Waals surface area contributed by atoms with E-state index in [1.807, 2.05) is 24.3 Å². The lowest BCUT2D eigenvalue weighted by Crippen LogP contribution is -2.43. The summed E-state index contributed by atoms with van der Waals surface area (Å²) in [5.41, 5.74) is 1.74. The van der Waals surface area contributed by atoms with E-state index in [0.29, 0.717) is 19.7 Å². The highest BCUT2D eigenvalue weighted by Crippen LogP contribution is 2.34. The summed E-state index contributed by atoms with van der Waals surface area (Å²) in [7, 11) is 1.64. The zero-order valence-corrected chi connectivity index (χ0v) is 19.5. The first-order chi connectivity index (χ1) is 14.3. The molecule has 31 heavy (non-hydrogen) atoms. The van der Waals surface area contributed by atoms with E-state index in [0.717, 1.165) is 29.2 Å². The number of methoxy groups -OCH3 is 1. The van der Waals surface area contributed by atoms with Gasteiger partial charge in [-0.25, -0.2) is 4.39 Å². The molecule has 3 rings (SSSR count). The van der Waals surface area contributed by atoms with Gasteiger partial charge >= 0.3 is 0 Å². The van der Waals surface area contributed by atoms with E-state index in [1.54, 1.807) is 13.2 Å². The summed E-state index contributed by atoms with van der Waals surface area (Å²) in [4.78, 5) is 2.13. The SMILES string of the molecule is COc1ccc(OCC(O)CN2CCOC(c3cccc(F)c3)C2)c(C(C)(C)C)c1.Cl. The van der Waals surface area contributed by atoms with Crippen LogP contribution in [0.5, 0.6) is 11.5 Å². The van der Waals surface area contributed by atoms with E-state index < -0.39 is 6.10 Å². The van der Waals surface area contributed by atoms with Crippen molar-refractivity contribution in [1.29, 1.82) is 0 Å². The van der Waals surface area contributed by atoms with Crippen molar-refractivity contribution in [2.75, 3.05) is 40.0 Å². The Kier molecular flexibility index (Phi) is 9.13. The van der Waals surface area contributed by atoms with Crippen LogP contribution < -0.4 is 9.47 Å². The van der Waals surface area contributed by atoms with Crippen LogP contribution >= 0.6 is 12.4 Å². The maximum absolute atomic E-state index is 13.5. The van der Waals surface area contributed by atoms with Crippen LogP contribution in [0.25, 0.3) is 0 Å². The van der Waals surface area contributed by atoms with E-state index in [-0.39, 0.29) is 36.4 Å². The summed E-state index contributed by atoms with van der Waals surface area (Å²) >= 11 is 0. The number of ether oxygens (including phenoxy) is 3. The highest BCUT2D eigenvalue weighted by atomic mass is 35.5. The van der Waals surface area contributed by atoms with E-state index in [4.69, 9.17) is 14.2 Å². The highest BCUT2D eigenvalue weighted by molar-refractivity contribution is 5.85. The van der Waals surface area contributed by atoms with Gasteiger partial charge in [-0.2, -0.15) is 0 Å². The Morgan fingerprint density at radius 2 is 2.00 bits per heavy atom. The Hall–Kier alpha value is -1.86. The molecule has 5 nitrogen and oxygen atoms in total. The molecule has 0 bridgehead atoms. The molecule has 0 aliphatic carbocycles. The smallest absolute Gasteiger partial charge is 0.123 e. The van der Waals surface area contributed by atoms with E-state index >= 15 is 0 Å². The van der Waals surface area contributed by atoms with Gasteiger partial charge in [0.1, 0.15) is 30.0 Å². The molecule has 1 aliphatic rings. The molecule has 1 heterocycles. The molecular formula is C24H33ClFNO4. The van der Waals surface area contributed by atoms with Crippen molar-refractivity contribution >= 4 is 12.4 Å². The van der Waals surface area contributed by atoms with Gasteiger partial charge in [-0.1, -0.05) is 32.9 Å². The number of benzene rings is 2. The molecule has 2 aromatic rings. The summed E-state index contributed by atoms with van der Waals surface area (Å²) in [6.45, 7) is 8.88. The average molecular weight is 454 g/mol. The molecular weight excluding hydrogens is 421 g/mol. The van der Waals surface area contributed by atoms with Crippen molar-refractivity contribution in [3.8, 4) is 11.5 Å². The molecule has 1 aliphatic heterocycles. The number of halogens is 2. The fourth-order valence-electron chi connectivity index (χ4n) is 3.66. The van der Waals surface area contributed by atoms with Crippen molar-refractivity contribution in [2.45, 2.75) is 38.4 Å². The summed E-state index contributed by atoms with van der Waals surface area (Å²) < 4.78 is 30.6. The van der Waals surface area contributed by atoms with Crippen molar-refractivity contribution in [1.82, 2.24) is 4.90 Å². The van der Waals surface area contributed by atoms with Gasteiger partial charge in [-0.3, -0.25) is 4.90 Å². The van der Waals surface area contributed by atoms with Crippen LogP contribution in [0.4, 0.5) is 4.39 Å². The number of hydrogen-bond acceptors (Lipinski definition) is 5. The molecule has 1 fully saturated rings. The largest absolute Gasteiger partial charge is 0.497 e. The molecule has 2 unspecified atom stereocenters. The zero-order valence-electron chi connectivity index (χ0n) is 18.6. The Morgan fingerprint density at radius 1 is 1.23 bits per heavy atom. The Morgan fingerprint density at radius 3 is 2.68 bits per heavy atom. The monoisotopic (exact) mass is 453 g/mol. The van der Waals surface area contributed by atoms with Crippen LogP contribution in [0.3, 0.4) is 0 Å². The average Bonchev–Trinajstić information content (AvgIpc) is 2.71. The lowest BCUT2D eigenvalue weighted by Gasteiger charge is -2.34. The number of aliphatic hydroxyl groups excluding tert-OH is 1. The minimum Gasteiger partial charge on any atom is -0.497 e. The van der Waals surface area contributed by atoms with Gasteiger partial charge in [0, 0.05) is 25.2 Å². The summed E-state index contributed by atoms with van der Waals surface area (Å²) in [5.74, 6) is 1.27. The maximum atomic E-state index is 13.5. The van der Waals surface area contributed by atoms with E-state index in [1.165, 1.54) is 12.1 Å². The fourth-order valence-corrected chi connectivity index (χ4v) is 3.66. The van der Waals surface area contributed by atoms with Gasteiger partial charge in [-0.05, 0) is 41.3 Å². The second-order valence-corrected chi connectivity index (χ2v) is 8.75. The predicted octanol–water partition coefficient (Wildman–Crippen LogP) is 4.37. The van der Waals surface area contributed by atoms with Crippen LogP contribution in [0, 0.1) is 5.82 Å². The van der Waals surface area contributed by atoms with Crippen LogP contribution in [-0.2, 0) is 10.2 Å². The molecule has 0 aromatic heterocycles. The van der Waals surface area contributed by atoms with E-state index in [2.05, 4.69) is 25.7 Å². The predicted molar refractivity (Wildman–Crippen MR) is 122 cm³/mol. The minimum absolute atomic E-state index is 0. The second kappa shape index (κ2) is 11.1. The molecule has 172 valence electrons. The first kappa shape index (κ1) is 25.4. The molecule has 1 N–H and O–H groups in total. The molecule has 2 aromatic carbocycles. The first-order valence-corrected chi connectivity index (χ1v) is 10.3. The second-order valence-electron chi connectivity index (χ2n) is 8.75. The Bertz CT molecular complexity index is 843. The topological polar surface area (TPSA) is 51.2 Å². The maximum Gasteiger partial charge on any atom is 0.123 e. The highest BCUT2D eigenvalue weighted by Gasteiger charge is 2.25. The van der Waals surface area contributed by atoms with Gasteiger partial charge < -0.3 is 19.3 Å². The number of nitrogens with zero attached hydrogens (tertiary/aromatic N) is 1. The molecule has 1 saturated heterocycles. The van der Waals surface area contributed by atoms with Gasteiger partial charge in [0.05, 0.1) is 19.8 Å². The molecule has 0 radical (unpaired) electrons. The van der Waals surface area contributed by atoms with Crippen LogP contribution in [-0.4, -0.2) is 56.1 Å².